The highest BCUT2D eigenvalue weighted by Crippen LogP contribution is 2.29. The molecule has 0 bridgehead atoms. The number of rotatable bonds is 5. The van der Waals surface area contributed by atoms with Crippen molar-refractivity contribution in [2.45, 2.75) is 32.3 Å². The first-order valence-electron chi connectivity index (χ1n) is 11.9. The Hall–Kier alpha value is -4.02. The lowest BCUT2D eigenvalue weighted by Gasteiger charge is -2.23. The van der Waals surface area contributed by atoms with Gasteiger partial charge in [0.25, 0.3) is 5.91 Å². The molecule has 1 aromatic carbocycles. The molecule has 2 aromatic rings. The lowest BCUT2D eigenvalue weighted by atomic mass is 9.95. The number of pyridine rings is 1. The number of ether oxygens (including phenoxy) is 1. The number of anilines is 1. The largest absolute Gasteiger partial charge is 0.443 e. The second-order valence-electron chi connectivity index (χ2n) is 10.2. The van der Waals surface area contributed by atoms with Crippen LogP contribution in [0.3, 0.4) is 0 Å². The fourth-order valence-corrected chi connectivity index (χ4v) is 4.49. The molecule has 39 heavy (non-hydrogen) atoms. The quantitative estimate of drug-likeness (QED) is 0.420. The summed E-state index contributed by atoms with van der Waals surface area (Å²) in [6.45, 7) is 5.62. The minimum Gasteiger partial charge on any atom is -0.443 e. The van der Waals surface area contributed by atoms with Crippen LogP contribution in [0.15, 0.2) is 40.4 Å². The minimum absolute atomic E-state index is 0.129. The van der Waals surface area contributed by atoms with Gasteiger partial charge in [-0.15, -0.1) is 0 Å². The summed E-state index contributed by atoms with van der Waals surface area (Å²) in [5.41, 5.74) is 1.04. The van der Waals surface area contributed by atoms with E-state index in [0.29, 0.717) is 11.9 Å². The zero-order valence-corrected chi connectivity index (χ0v) is 22.3. The van der Waals surface area contributed by atoms with Crippen LogP contribution in [0.4, 0.5) is 19.3 Å². The van der Waals surface area contributed by atoms with Gasteiger partial charge in [0.15, 0.2) is 0 Å². The van der Waals surface area contributed by atoms with E-state index in [-0.39, 0.29) is 60.5 Å². The van der Waals surface area contributed by atoms with Gasteiger partial charge in [0.2, 0.25) is 5.91 Å². The first-order valence-corrected chi connectivity index (χ1v) is 12.8. The standard InChI is InChI=1S/C26H26F2N6O4S/c1-26(2,3)24(36)32-20-4-14(7-29)8-31-21(20)13-38-25(37)34-11-15-9-33(10-16(15)12-34)23(35)22-18(27)5-17(39-30)6-19(22)28/h4-6,8H,9-13,30H2,1-3H3,(H,32,36). The number of nitrogens with zero attached hydrogens (tertiary/aromatic N) is 4. The number of hydrogen-bond acceptors (Lipinski definition) is 8. The molecule has 10 nitrogen and oxygen atoms in total. The number of benzene rings is 1. The number of aromatic nitrogens is 1. The van der Waals surface area contributed by atoms with Crippen LogP contribution in [0.25, 0.3) is 0 Å². The number of amides is 3. The van der Waals surface area contributed by atoms with Crippen molar-refractivity contribution in [2.24, 2.45) is 10.6 Å². The molecule has 0 radical (unpaired) electrons. The topological polar surface area (TPSA) is 142 Å². The molecule has 0 aliphatic carbocycles. The van der Waals surface area contributed by atoms with E-state index in [1.54, 1.807) is 20.8 Å². The summed E-state index contributed by atoms with van der Waals surface area (Å²) in [6, 6.07) is 5.45. The molecular formula is C26H26F2N6O4S. The van der Waals surface area contributed by atoms with Crippen molar-refractivity contribution >= 4 is 35.5 Å². The van der Waals surface area contributed by atoms with Gasteiger partial charge in [-0.2, -0.15) is 5.26 Å². The summed E-state index contributed by atoms with van der Waals surface area (Å²) in [6.07, 6.45) is 0.690. The number of nitrogens with one attached hydrogen (secondary N) is 1. The van der Waals surface area contributed by atoms with Gasteiger partial charge in [0, 0.05) is 42.7 Å². The average Bonchev–Trinajstić information content (AvgIpc) is 3.46. The molecule has 0 unspecified atom stereocenters. The maximum atomic E-state index is 14.4. The van der Waals surface area contributed by atoms with Crippen molar-refractivity contribution in [2.75, 3.05) is 31.5 Å². The van der Waals surface area contributed by atoms with Gasteiger partial charge in [0.1, 0.15) is 35.6 Å². The third kappa shape index (κ3) is 6.02. The molecule has 0 saturated carbocycles. The third-order valence-electron chi connectivity index (χ3n) is 6.30. The van der Waals surface area contributed by atoms with Gasteiger partial charge in [-0.25, -0.2) is 13.6 Å². The van der Waals surface area contributed by atoms with E-state index in [4.69, 9.17) is 9.88 Å². The van der Waals surface area contributed by atoms with E-state index in [1.807, 2.05) is 6.07 Å². The first-order chi connectivity index (χ1) is 18.4. The lowest BCUT2D eigenvalue weighted by molar-refractivity contribution is -0.123. The van der Waals surface area contributed by atoms with E-state index in [0.717, 1.165) is 23.3 Å². The summed E-state index contributed by atoms with van der Waals surface area (Å²) in [5, 5.41) is 17.3. The molecule has 2 aliphatic heterocycles. The Bertz CT molecular complexity index is 1390. The van der Waals surface area contributed by atoms with Gasteiger partial charge in [-0.3, -0.25) is 19.7 Å². The summed E-state index contributed by atoms with van der Waals surface area (Å²) in [5.74, 6) is -3.04. The number of carbonyl (C=O) groups is 3. The highest BCUT2D eigenvalue weighted by molar-refractivity contribution is 7.97. The molecule has 0 fully saturated rings. The normalized spacial score (nSPS) is 14.8. The molecule has 2 aliphatic rings. The number of nitrogens with two attached hydrogens (primary N) is 1. The SMILES string of the molecule is CC(C)(C)C(=O)Nc1cc(C#N)cnc1COC(=O)N1CC2=C(C1)CN(C(=O)c1c(F)cc(SN)cc1F)C2. The molecule has 3 amide bonds. The summed E-state index contributed by atoms with van der Waals surface area (Å²) < 4.78 is 34.2. The fourth-order valence-electron chi connectivity index (χ4n) is 4.14. The Labute approximate surface area is 227 Å². The van der Waals surface area contributed by atoms with Crippen LogP contribution in [0.5, 0.6) is 0 Å². The van der Waals surface area contributed by atoms with Crippen LogP contribution >= 0.6 is 11.9 Å². The Morgan fingerprint density at radius 3 is 2.23 bits per heavy atom. The van der Waals surface area contributed by atoms with Gasteiger partial charge in [-0.05, 0) is 41.3 Å². The first kappa shape index (κ1) is 28.0. The second kappa shape index (κ2) is 11.0. The Morgan fingerprint density at radius 2 is 1.69 bits per heavy atom. The predicted molar refractivity (Wildman–Crippen MR) is 138 cm³/mol. The van der Waals surface area contributed by atoms with Crippen LogP contribution in [-0.4, -0.2) is 58.9 Å². The second-order valence-corrected chi connectivity index (χ2v) is 10.9. The van der Waals surface area contributed by atoms with E-state index in [9.17, 15) is 28.4 Å². The monoisotopic (exact) mass is 556 g/mol. The summed E-state index contributed by atoms with van der Waals surface area (Å²) >= 11 is 0.677. The number of hydrogen-bond donors (Lipinski definition) is 2. The number of nitriles is 1. The number of halogens is 2. The van der Waals surface area contributed by atoms with Crippen LogP contribution < -0.4 is 10.5 Å². The summed E-state index contributed by atoms with van der Waals surface area (Å²) in [7, 11) is 0. The lowest BCUT2D eigenvalue weighted by Crippen LogP contribution is -2.37. The Kier molecular flexibility index (Phi) is 7.89. The van der Waals surface area contributed by atoms with E-state index < -0.39 is 34.6 Å². The zero-order valence-electron chi connectivity index (χ0n) is 21.5. The van der Waals surface area contributed by atoms with Crippen LogP contribution in [-0.2, 0) is 16.1 Å². The maximum absolute atomic E-state index is 14.4. The molecular weight excluding hydrogens is 530 g/mol. The van der Waals surface area contributed by atoms with Crippen LogP contribution in [0.2, 0.25) is 0 Å². The predicted octanol–water partition coefficient (Wildman–Crippen LogP) is 3.59. The number of carbonyl (C=O) groups excluding carboxylic acids is 3. The Balaban J connectivity index is 1.36. The highest BCUT2D eigenvalue weighted by atomic mass is 32.2. The fraction of sp³-hybridized carbons (Fsp3) is 0.346. The molecule has 3 heterocycles. The van der Waals surface area contributed by atoms with Crippen molar-refractivity contribution in [3.05, 3.63) is 64.0 Å². The maximum Gasteiger partial charge on any atom is 0.410 e. The van der Waals surface area contributed by atoms with Crippen LogP contribution in [0.1, 0.15) is 42.4 Å². The molecule has 0 spiro atoms. The van der Waals surface area contributed by atoms with Crippen molar-refractivity contribution in [3.8, 4) is 6.07 Å². The molecule has 13 heteroatoms. The van der Waals surface area contributed by atoms with E-state index >= 15 is 0 Å². The molecule has 0 saturated heterocycles. The third-order valence-corrected chi connectivity index (χ3v) is 6.81. The van der Waals surface area contributed by atoms with Crippen molar-refractivity contribution in [1.82, 2.24) is 14.8 Å². The van der Waals surface area contributed by atoms with Crippen molar-refractivity contribution < 1.29 is 27.9 Å². The minimum atomic E-state index is -0.986. The van der Waals surface area contributed by atoms with Gasteiger partial charge < -0.3 is 19.9 Å². The van der Waals surface area contributed by atoms with Crippen LogP contribution in [0, 0.1) is 28.4 Å². The highest BCUT2D eigenvalue weighted by Gasteiger charge is 2.36. The average molecular weight is 557 g/mol. The summed E-state index contributed by atoms with van der Waals surface area (Å²) in [4.78, 5) is 45.2. The van der Waals surface area contributed by atoms with Gasteiger partial charge in [0.05, 0.1) is 11.3 Å². The smallest absolute Gasteiger partial charge is 0.410 e. The molecule has 0 atom stereocenters. The molecule has 1 aromatic heterocycles. The molecule has 4 rings (SSSR count). The molecule has 3 N–H and O–H groups in total. The van der Waals surface area contributed by atoms with E-state index in [1.165, 1.54) is 22.1 Å². The van der Waals surface area contributed by atoms with Crippen molar-refractivity contribution in [1.29, 1.82) is 5.26 Å². The van der Waals surface area contributed by atoms with E-state index in [2.05, 4.69) is 10.3 Å². The van der Waals surface area contributed by atoms with Gasteiger partial charge in [-0.1, -0.05) is 20.8 Å². The Morgan fingerprint density at radius 1 is 1.10 bits per heavy atom. The zero-order chi connectivity index (χ0) is 28.5. The molecule has 204 valence electrons. The van der Waals surface area contributed by atoms with Crippen molar-refractivity contribution in [3.63, 3.8) is 0 Å². The van der Waals surface area contributed by atoms with Gasteiger partial charge >= 0.3 is 6.09 Å².